The highest BCUT2D eigenvalue weighted by molar-refractivity contribution is 5.31. The lowest BCUT2D eigenvalue weighted by Crippen LogP contribution is -2.45. The highest BCUT2D eigenvalue weighted by Gasteiger charge is 2.45. The molecular formula is C16H23NO2. The molecule has 3 atom stereocenters. The highest BCUT2D eigenvalue weighted by Crippen LogP contribution is 2.45. The molecule has 1 aromatic heterocycles. The lowest BCUT2D eigenvalue weighted by Gasteiger charge is -2.41. The Balaban J connectivity index is 1.81. The van der Waals surface area contributed by atoms with Crippen molar-refractivity contribution in [3.05, 3.63) is 29.6 Å². The summed E-state index contributed by atoms with van der Waals surface area (Å²) in [6, 6.07) is 4.14. The van der Waals surface area contributed by atoms with Crippen molar-refractivity contribution in [2.75, 3.05) is 6.61 Å². The van der Waals surface area contributed by atoms with Gasteiger partial charge in [0.15, 0.2) is 0 Å². The number of aryl methyl sites for hydroxylation is 1. The molecule has 0 aromatic carbocycles. The number of aliphatic hydroxyl groups is 1. The monoisotopic (exact) mass is 261 g/mol. The Morgan fingerprint density at radius 2 is 2.42 bits per heavy atom. The molecule has 3 heteroatoms. The average Bonchev–Trinajstić information content (AvgIpc) is 2.84. The molecule has 0 saturated carbocycles. The summed E-state index contributed by atoms with van der Waals surface area (Å²) in [5.41, 5.74) is 1.83. The molecule has 0 bridgehead atoms. The summed E-state index contributed by atoms with van der Waals surface area (Å²) in [5, 5.41) is 11.1. The maximum Gasteiger partial charge on any atom is 0.0777 e. The minimum Gasteiger partial charge on any atom is -0.389 e. The molecule has 1 aliphatic carbocycles. The van der Waals surface area contributed by atoms with Crippen molar-refractivity contribution in [2.45, 2.75) is 63.1 Å². The van der Waals surface area contributed by atoms with E-state index in [1.807, 2.05) is 12.3 Å². The molecule has 0 spiro atoms. The van der Waals surface area contributed by atoms with Crippen LogP contribution in [0, 0.1) is 0 Å². The normalized spacial score (nSPS) is 34.2. The first-order valence-electron chi connectivity index (χ1n) is 7.50. The van der Waals surface area contributed by atoms with Gasteiger partial charge in [-0.15, -0.1) is 0 Å². The molecule has 104 valence electrons. The minimum absolute atomic E-state index is 0.201. The maximum atomic E-state index is 11.1. The number of hydrogen-bond acceptors (Lipinski definition) is 3. The van der Waals surface area contributed by atoms with Crippen LogP contribution in [-0.2, 0) is 11.2 Å². The molecule has 1 N–H and O–H groups in total. The second-order valence-corrected chi connectivity index (χ2v) is 5.98. The molecule has 1 aromatic rings. The quantitative estimate of drug-likeness (QED) is 0.909. The van der Waals surface area contributed by atoms with Crippen molar-refractivity contribution in [1.29, 1.82) is 0 Å². The zero-order valence-corrected chi connectivity index (χ0v) is 11.6. The van der Waals surface area contributed by atoms with Crippen LogP contribution in [0.25, 0.3) is 0 Å². The van der Waals surface area contributed by atoms with Crippen molar-refractivity contribution in [2.24, 2.45) is 0 Å². The van der Waals surface area contributed by atoms with Gasteiger partial charge in [-0.2, -0.15) is 0 Å². The fraction of sp³-hybridized carbons (Fsp3) is 0.688. The van der Waals surface area contributed by atoms with E-state index < -0.39 is 5.60 Å². The molecule has 3 unspecified atom stereocenters. The summed E-state index contributed by atoms with van der Waals surface area (Å²) >= 11 is 0. The van der Waals surface area contributed by atoms with Gasteiger partial charge >= 0.3 is 0 Å². The molecule has 1 aliphatic heterocycles. The maximum absolute atomic E-state index is 11.1. The number of pyridine rings is 1. The molecule has 3 nitrogen and oxygen atoms in total. The van der Waals surface area contributed by atoms with Crippen LogP contribution in [0.2, 0.25) is 0 Å². The van der Waals surface area contributed by atoms with E-state index in [1.165, 1.54) is 5.56 Å². The zero-order chi connectivity index (χ0) is 13.3. The Morgan fingerprint density at radius 1 is 1.53 bits per heavy atom. The first-order valence-corrected chi connectivity index (χ1v) is 7.50. The number of rotatable bonds is 3. The predicted octanol–water partition coefficient (Wildman–Crippen LogP) is 2.82. The van der Waals surface area contributed by atoms with Gasteiger partial charge in [-0.05, 0) is 30.9 Å². The fourth-order valence-corrected chi connectivity index (χ4v) is 3.72. The molecule has 0 radical (unpaired) electrons. The third-order valence-corrected chi connectivity index (χ3v) is 4.69. The Labute approximate surface area is 115 Å². The minimum atomic E-state index is -0.613. The van der Waals surface area contributed by atoms with Crippen LogP contribution in [-0.4, -0.2) is 28.4 Å². The lowest BCUT2D eigenvalue weighted by atomic mass is 9.77. The van der Waals surface area contributed by atoms with Crippen LogP contribution in [0.3, 0.4) is 0 Å². The third-order valence-electron chi connectivity index (χ3n) is 4.69. The fourth-order valence-electron chi connectivity index (χ4n) is 3.72. The second kappa shape index (κ2) is 5.22. The highest BCUT2D eigenvalue weighted by atomic mass is 16.5. The van der Waals surface area contributed by atoms with Crippen molar-refractivity contribution < 1.29 is 9.84 Å². The molecule has 0 amide bonds. The molecule has 3 rings (SSSR count). The number of nitrogens with zero attached hydrogens (tertiary/aromatic N) is 1. The van der Waals surface area contributed by atoms with Gasteiger partial charge in [0, 0.05) is 37.3 Å². The Hall–Kier alpha value is -0.930. The summed E-state index contributed by atoms with van der Waals surface area (Å²) in [5.74, 6) is 0.201. The Kier molecular flexibility index (Phi) is 3.59. The van der Waals surface area contributed by atoms with Crippen molar-refractivity contribution in [1.82, 2.24) is 4.98 Å². The van der Waals surface area contributed by atoms with Crippen LogP contribution in [0.5, 0.6) is 0 Å². The van der Waals surface area contributed by atoms with Gasteiger partial charge in [0.2, 0.25) is 0 Å². The summed E-state index contributed by atoms with van der Waals surface area (Å²) in [7, 11) is 0. The van der Waals surface area contributed by atoms with Gasteiger partial charge in [0.25, 0.3) is 0 Å². The van der Waals surface area contributed by atoms with Gasteiger partial charge in [0.05, 0.1) is 11.7 Å². The van der Waals surface area contributed by atoms with Crippen molar-refractivity contribution in [3.63, 3.8) is 0 Å². The first-order chi connectivity index (χ1) is 9.23. The standard InChI is InChI=1S/C16H23NO2/c1-2-4-13-11-16(18,8-10-19-13)14-7-6-12-5-3-9-17-15(12)14/h3,5,9,13-14,18H,2,4,6-8,10-11H2,1H3. The van der Waals surface area contributed by atoms with Crippen LogP contribution in [0.1, 0.15) is 56.2 Å². The Morgan fingerprint density at radius 3 is 3.26 bits per heavy atom. The van der Waals surface area contributed by atoms with Crippen LogP contribution < -0.4 is 0 Å². The summed E-state index contributed by atoms with van der Waals surface area (Å²) in [6.45, 7) is 2.85. The zero-order valence-electron chi connectivity index (χ0n) is 11.6. The van der Waals surface area contributed by atoms with E-state index in [4.69, 9.17) is 4.74 Å². The first kappa shape index (κ1) is 13.1. The number of fused-ring (bicyclic) bond motifs is 1. The topological polar surface area (TPSA) is 42.4 Å². The molecule has 19 heavy (non-hydrogen) atoms. The smallest absolute Gasteiger partial charge is 0.0777 e. The average molecular weight is 261 g/mol. The summed E-state index contributed by atoms with van der Waals surface area (Å²) in [4.78, 5) is 4.53. The van der Waals surface area contributed by atoms with Crippen LogP contribution in [0.4, 0.5) is 0 Å². The van der Waals surface area contributed by atoms with Gasteiger partial charge < -0.3 is 9.84 Å². The van der Waals surface area contributed by atoms with E-state index in [2.05, 4.69) is 18.0 Å². The van der Waals surface area contributed by atoms with E-state index >= 15 is 0 Å². The number of ether oxygens (including phenoxy) is 1. The SMILES string of the molecule is CCCC1CC(O)(C2CCc3cccnc32)CCO1. The third kappa shape index (κ3) is 2.41. The van der Waals surface area contributed by atoms with E-state index in [0.717, 1.165) is 44.2 Å². The molecule has 2 heterocycles. The number of hydrogen-bond donors (Lipinski definition) is 1. The Bertz CT molecular complexity index is 446. The number of aromatic nitrogens is 1. The van der Waals surface area contributed by atoms with E-state index in [1.54, 1.807) is 0 Å². The molecule has 1 fully saturated rings. The molecule has 2 aliphatic rings. The summed E-state index contributed by atoms with van der Waals surface area (Å²) < 4.78 is 5.78. The van der Waals surface area contributed by atoms with Crippen LogP contribution in [0.15, 0.2) is 18.3 Å². The van der Waals surface area contributed by atoms with E-state index in [-0.39, 0.29) is 12.0 Å². The van der Waals surface area contributed by atoms with Gasteiger partial charge in [-0.25, -0.2) is 0 Å². The summed E-state index contributed by atoms with van der Waals surface area (Å²) in [6.07, 6.45) is 7.82. The molecule has 1 saturated heterocycles. The second-order valence-electron chi connectivity index (χ2n) is 5.98. The lowest BCUT2D eigenvalue weighted by molar-refractivity contribution is -0.118. The van der Waals surface area contributed by atoms with Gasteiger partial charge in [0.1, 0.15) is 0 Å². The molecular weight excluding hydrogens is 238 g/mol. The van der Waals surface area contributed by atoms with Gasteiger partial charge in [-0.1, -0.05) is 19.4 Å². The van der Waals surface area contributed by atoms with Crippen molar-refractivity contribution in [3.8, 4) is 0 Å². The predicted molar refractivity (Wildman–Crippen MR) is 74.1 cm³/mol. The van der Waals surface area contributed by atoms with E-state index in [9.17, 15) is 5.11 Å². The largest absolute Gasteiger partial charge is 0.389 e. The van der Waals surface area contributed by atoms with E-state index in [0.29, 0.717) is 6.61 Å². The van der Waals surface area contributed by atoms with Gasteiger partial charge in [-0.3, -0.25) is 4.98 Å². The van der Waals surface area contributed by atoms with Crippen molar-refractivity contribution >= 4 is 0 Å². The van der Waals surface area contributed by atoms with Crippen LogP contribution >= 0.6 is 0 Å².